The van der Waals surface area contributed by atoms with Gasteiger partial charge in [0.25, 0.3) is 5.91 Å². The van der Waals surface area contributed by atoms with Crippen molar-refractivity contribution >= 4 is 21.6 Å². The third-order valence-electron chi connectivity index (χ3n) is 2.85. The lowest BCUT2D eigenvalue weighted by Gasteiger charge is -2.22. The van der Waals surface area contributed by atoms with Crippen LogP contribution in [0.2, 0.25) is 0 Å². The number of anilines is 1. The number of hydrazine groups is 1. The van der Waals surface area contributed by atoms with Gasteiger partial charge < -0.3 is 10.7 Å². The standard InChI is InChI=1S/C11H18N4O3S/c1-11(2,19(3,17)18)7-14-10(16)8-4-5-9(15-12)13-6-8/h4-6H,7,12H2,1-3H3,(H,13,15)(H,14,16). The molecule has 0 spiro atoms. The Balaban J connectivity index is 2.70. The van der Waals surface area contributed by atoms with Crippen LogP contribution in [0.1, 0.15) is 24.2 Å². The molecule has 0 atom stereocenters. The zero-order valence-electron chi connectivity index (χ0n) is 11.1. The van der Waals surface area contributed by atoms with E-state index >= 15 is 0 Å². The van der Waals surface area contributed by atoms with Crippen LogP contribution in [0, 0.1) is 0 Å². The minimum atomic E-state index is -3.25. The number of carbonyl (C=O) groups excluding carboxylic acids is 1. The zero-order chi connectivity index (χ0) is 14.7. The summed E-state index contributed by atoms with van der Waals surface area (Å²) in [6.45, 7) is 3.15. The molecule has 1 heterocycles. The molecule has 1 rings (SSSR count). The molecule has 0 fully saturated rings. The quantitative estimate of drug-likeness (QED) is 0.515. The van der Waals surface area contributed by atoms with Crippen molar-refractivity contribution in [2.75, 3.05) is 18.2 Å². The Morgan fingerprint density at radius 3 is 2.47 bits per heavy atom. The number of aromatic nitrogens is 1. The molecule has 0 saturated heterocycles. The van der Waals surface area contributed by atoms with E-state index < -0.39 is 14.6 Å². The summed E-state index contributed by atoms with van der Waals surface area (Å²) < 4.78 is 22.0. The number of nitrogens with one attached hydrogen (secondary N) is 2. The van der Waals surface area contributed by atoms with Crippen molar-refractivity contribution in [3.63, 3.8) is 0 Å². The Bertz CT molecular complexity index is 552. The number of pyridine rings is 1. The van der Waals surface area contributed by atoms with Gasteiger partial charge in [-0.05, 0) is 26.0 Å². The van der Waals surface area contributed by atoms with Crippen LogP contribution in [0.4, 0.5) is 5.82 Å². The molecule has 4 N–H and O–H groups in total. The maximum Gasteiger partial charge on any atom is 0.252 e. The highest BCUT2D eigenvalue weighted by atomic mass is 32.2. The number of hydrogen-bond donors (Lipinski definition) is 3. The molecule has 0 aromatic carbocycles. The number of nitrogen functional groups attached to an aromatic ring is 1. The van der Waals surface area contributed by atoms with Crippen LogP contribution < -0.4 is 16.6 Å². The molecule has 0 saturated carbocycles. The lowest BCUT2D eigenvalue weighted by molar-refractivity contribution is 0.0950. The first-order chi connectivity index (χ1) is 8.67. The smallest absolute Gasteiger partial charge is 0.252 e. The molecule has 0 radical (unpaired) electrons. The fourth-order valence-electron chi connectivity index (χ4n) is 1.14. The third-order valence-corrected chi connectivity index (χ3v) is 5.00. The van der Waals surface area contributed by atoms with Gasteiger partial charge in [0.15, 0.2) is 9.84 Å². The average molecular weight is 286 g/mol. The van der Waals surface area contributed by atoms with E-state index in [1.165, 1.54) is 6.20 Å². The Kier molecular flexibility index (Phi) is 4.48. The van der Waals surface area contributed by atoms with Crippen LogP contribution in [0.25, 0.3) is 0 Å². The van der Waals surface area contributed by atoms with Crippen LogP contribution in [-0.2, 0) is 9.84 Å². The largest absolute Gasteiger partial charge is 0.350 e. The highest BCUT2D eigenvalue weighted by Crippen LogP contribution is 2.13. The fraction of sp³-hybridized carbons (Fsp3) is 0.455. The van der Waals surface area contributed by atoms with E-state index in [1.54, 1.807) is 26.0 Å². The number of amides is 1. The summed E-state index contributed by atoms with van der Waals surface area (Å²) in [5, 5.41) is 2.57. The Labute approximate surface area is 112 Å². The zero-order valence-corrected chi connectivity index (χ0v) is 11.9. The molecule has 0 aliphatic rings. The molecule has 1 aromatic heterocycles. The normalized spacial score (nSPS) is 12.0. The molecule has 1 aromatic rings. The summed E-state index contributed by atoms with van der Waals surface area (Å²) in [6, 6.07) is 3.10. The monoisotopic (exact) mass is 286 g/mol. The van der Waals surface area contributed by atoms with Gasteiger partial charge in [0.05, 0.1) is 10.3 Å². The van der Waals surface area contributed by atoms with Gasteiger partial charge in [-0.1, -0.05) is 0 Å². The van der Waals surface area contributed by atoms with Gasteiger partial charge in [0.2, 0.25) is 0 Å². The predicted molar refractivity (Wildman–Crippen MR) is 73.3 cm³/mol. The van der Waals surface area contributed by atoms with E-state index in [0.29, 0.717) is 11.4 Å². The Morgan fingerprint density at radius 2 is 2.05 bits per heavy atom. The third kappa shape index (κ3) is 3.90. The van der Waals surface area contributed by atoms with Crippen LogP contribution >= 0.6 is 0 Å². The van der Waals surface area contributed by atoms with E-state index in [0.717, 1.165) is 6.26 Å². The minimum absolute atomic E-state index is 0.0293. The van der Waals surface area contributed by atoms with E-state index in [2.05, 4.69) is 15.7 Å². The van der Waals surface area contributed by atoms with E-state index in [1.807, 2.05) is 0 Å². The minimum Gasteiger partial charge on any atom is -0.350 e. The molecule has 0 aliphatic heterocycles. The van der Waals surface area contributed by atoms with E-state index in [4.69, 9.17) is 5.84 Å². The second-order valence-electron chi connectivity index (χ2n) is 4.79. The summed E-state index contributed by atoms with van der Waals surface area (Å²) in [7, 11) is -3.25. The maximum absolute atomic E-state index is 11.8. The van der Waals surface area contributed by atoms with Gasteiger partial charge in [-0.2, -0.15) is 0 Å². The summed E-state index contributed by atoms with van der Waals surface area (Å²) in [4.78, 5) is 15.7. The van der Waals surface area contributed by atoms with Gasteiger partial charge in [0.1, 0.15) is 5.82 Å². The highest BCUT2D eigenvalue weighted by molar-refractivity contribution is 7.92. The lowest BCUT2D eigenvalue weighted by atomic mass is 10.2. The first-order valence-corrected chi connectivity index (χ1v) is 7.47. The van der Waals surface area contributed by atoms with Crippen LogP contribution in [0.3, 0.4) is 0 Å². The summed E-state index contributed by atoms with van der Waals surface area (Å²) >= 11 is 0. The highest BCUT2D eigenvalue weighted by Gasteiger charge is 2.30. The molecule has 7 nitrogen and oxygen atoms in total. The molecule has 0 bridgehead atoms. The maximum atomic E-state index is 11.8. The van der Waals surface area contributed by atoms with Gasteiger partial charge in [0, 0.05) is 19.0 Å². The number of sulfone groups is 1. The molecule has 1 amide bonds. The van der Waals surface area contributed by atoms with Crippen molar-refractivity contribution in [1.82, 2.24) is 10.3 Å². The van der Waals surface area contributed by atoms with Gasteiger partial charge in [-0.15, -0.1) is 0 Å². The summed E-state index contributed by atoms with van der Waals surface area (Å²) in [5.74, 6) is 5.22. The second kappa shape index (κ2) is 5.54. The van der Waals surface area contributed by atoms with Crippen LogP contribution in [-0.4, -0.2) is 36.9 Å². The second-order valence-corrected chi connectivity index (χ2v) is 7.44. The number of rotatable bonds is 5. The molecule has 19 heavy (non-hydrogen) atoms. The van der Waals surface area contributed by atoms with Crippen molar-refractivity contribution < 1.29 is 13.2 Å². The van der Waals surface area contributed by atoms with E-state index in [-0.39, 0.29) is 12.5 Å². The Morgan fingerprint density at radius 1 is 1.42 bits per heavy atom. The van der Waals surface area contributed by atoms with E-state index in [9.17, 15) is 13.2 Å². The molecular formula is C11H18N4O3S. The number of nitrogens with two attached hydrogens (primary N) is 1. The Hall–Kier alpha value is -1.67. The van der Waals surface area contributed by atoms with Crippen molar-refractivity contribution in [1.29, 1.82) is 0 Å². The molecule has 8 heteroatoms. The van der Waals surface area contributed by atoms with Crippen molar-refractivity contribution in [3.8, 4) is 0 Å². The van der Waals surface area contributed by atoms with Crippen molar-refractivity contribution in [2.24, 2.45) is 5.84 Å². The fourth-order valence-corrected chi connectivity index (χ4v) is 1.47. The first-order valence-electron chi connectivity index (χ1n) is 5.58. The van der Waals surface area contributed by atoms with Gasteiger partial charge in [-0.25, -0.2) is 19.2 Å². The van der Waals surface area contributed by atoms with Gasteiger partial charge >= 0.3 is 0 Å². The summed E-state index contributed by atoms with van der Waals surface area (Å²) in [5.41, 5.74) is 2.68. The first kappa shape index (κ1) is 15.4. The van der Waals surface area contributed by atoms with Crippen LogP contribution in [0.5, 0.6) is 0 Å². The molecular weight excluding hydrogens is 268 g/mol. The van der Waals surface area contributed by atoms with Gasteiger partial charge in [-0.3, -0.25) is 4.79 Å². The van der Waals surface area contributed by atoms with Crippen molar-refractivity contribution in [2.45, 2.75) is 18.6 Å². The topological polar surface area (TPSA) is 114 Å². The summed E-state index contributed by atoms with van der Waals surface area (Å²) in [6.07, 6.45) is 2.50. The number of nitrogens with zero attached hydrogens (tertiary/aromatic N) is 1. The number of hydrogen-bond acceptors (Lipinski definition) is 6. The van der Waals surface area contributed by atoms with Crippen molar-refractivity contribution in [3.05, 3.63) is 23.9 Å². The van der Waals surface area contributed by atoms with Crippen LogP contribution in [0.15, 0.2) is 18.3 Å². The number of carbonyl (C=O) groups is 1. The molecule has 0 aliphatic carbocycles. The molecule has 106 valence electrons. The lowest BCUT2D eigenvalue weighted by Crippen LogP contribution is -2.43. The predicted octanol–water partition coefficient (Wildman–Crippen LogP) is -0.0798. The molecule has 0 unspecified atom stereocenters. The average Bonchev–Trinajstić information content (AvgIpc) is 2.35. The SMILES string of the molecule is CC(C)(CNC(=O)c1ccc(NN)nc1)S(C)(=O)=O.